The zero-order valence-corrected chi connectivity index (χ0v) is 7.76. The predicted octanol–water partition coefficient (Wildman–Crippen LogP) is -0.137. The fourth-order valence-electron chi connectivity index (χ4n) is 0.822. The van der Waals surface area contributed by atoms with Gasteiger partial charge >= 0.3 is 0 Å². The smallest absolute Gasteiger partial charge is 0.217 e. The Hall–Kier alpha value is -2.02. The van der Waals surface area contributed by atoms with E-state index in [1.54, 1.807) is 6.20 Å². The molecule has 0 unspecified atom stereocenters. The van der Waals surface area contributed by atoms with Gasteiger partial charge < -0.3 is 10.3 Å². The maximum atomic E-state index is 11.1. The number of H-pyrrole nitrogens is 1. The average molecular weight is 190 g/mol. The minimum atomic E-state index is -0.138. The number of aromatic amines is 1. The number of carbonyl (C=O) groups is 1. The topological polar surface area (TPSA) is 62.0 Å². The number of nitrogens with one attached hydrogen (secondary N) is 2. The van der Waals surface area contributed by atoms with Crippen LogP contribution in [0.4, 0.5) is 0 Å². The molecule has 4 nitrogen and oxygen atoms in total. The summed E-state index contributed by atoms with van der Waals surface area (Å²) < 4.78 is 0. The van der Waals surface area contributed by atoms with Crippen molar-refractivity contribution >= 4 is 5.91 Å². The molecule has 1 rings (SSSR count). The van der Waals surface area contributed by atoms with Crippen LogP contribution < -0.4 is 10.7 Å². The van der Waals surface area contributed by atoms with Crippen LogP contribution in [0.1, 0.15) is 12.5 Å². The van der Waals surface area contributed by atoms with Crippen LogP contribution in [0.15, 0.2) is 23.3 Å². The summed E-state index contributed by atoms with van der Waals surface area (Å²) in [6.45, 7) is 1.67. The highest BCUT2D eigenvalue weighted by molar-refractivity contribution is 5.73. The second-order valence-electron chi connectivity index (χ2n) is 2.63. The third-order valence-electron chi connectivity index (χ3n) is 1.47. The maximum absolute atomic E-state index is 11.1. The second-order valence-corrected chi connectivity index (χ2v) is 2.63. The summed E-state index contributed by atoms with van der Waals surface area (Å²) in [4.78, 5) is 24.4. The fraction of sp³-hybridized carbons (Fsp3) is 0.200. The van der Waals surface area contributed by atoms with Crippen LogP contribution in [-0.4, -0.2) is 17.4 Å². The Morgan fingerprint density at radius 1 is 1.64 bits per heavy atom. The third kappa shape index (κ3) is 3.15. The molecule has 0 aromatic carbocycles. The molecule has 0 fully saturated rings. The van der Waals surface area contributed by atoms with Gasteiger partial charge in [-0.15, -0.1) is 0 Å². The van der Waals surface area contributed by atoms with Crippen molar-refractivity contribution in [2.75, 3.05) is 6.54 Å². The van der Waals surface area contributed by atoms with Crippen LogP contribution in [0.3, 0.4) is 0 Å². The highest BCUT2D eigenvalue weighted by atomic mass is 16.1. The first-order valence-corrected chi connectivity index (χ1v) is 4.10. The lowest BCUT2D eigenvalue weighted by Gasteiger charge is -1.91. The molecular formula is C10H10N2O2. The number of aromatic nitrogens is 1. The van der Waals surface area contributed by atoms with E-state index in [4.69, 9.17) is 0 Å². The first-order chi connectivity index (χ1) is 6.70. The van der Waals surface area contributed by atoms with E-state index >= 15 is 0 Å². The molecule has 4 heteroatoms. The molecule has 14 heavy (non-hydrogen) atoms. The number of hydrogen-bond donors (Lipinski definition) is 2. The van der Waals surface area contributed by atoms with Gasteiger partial charge in [0.2, 0.25) is 5.91 Å². The van der Waals surface area contributed by atoms with Crippen LogP contribution in [-0.2, 0) is 4.79 Å². The molecule has 0 aliphatic carbocycles. The number of pyridine rings is 1. The molecule has 0 aliphatic heterocycles. The lowest BCUT2D eigenvalue weighted by atomic mass is 10.3. The molecular weight excluding hydrogens is 180 g/mol. The third-order valence-corrected chi connectivity index (χ3v) is 1.47. The summed E-state index contributed by atoms with van der Waals surface area (Å²) in [6.07, 6.45) is 3.07. The quantitative estimate of drug-likeness (QED) is 0.605. The SMILES string of the molecule is CC(=O)NCC#Cc1c[nH]ccc1=O. The van der Waals surface area contributed by atoms with Crippen LogP contribution in [0.5, 0.6) is 0 Å². The average Bonchev–Trinajstić information content (AvgIpc) is 2.15. The highest BCUT2D eigenvalue weighted by Crippen LogP contribution is 1.82. The zero-order chi connectivity index (χ0) is 10.4. The Kier molecular flexibility index (Phi) is 3.50. The van der Waals surface area contributed by atoms with Gasteiger partial charge in [0.25, 0.3) is 0 Å². The molecule has 2 N–H and O–H groups in total. The molecule has 0 spiro atoms. The molecule has 0 aliphatic rings. The molecule has 1 aromatic rings. The normalized spacial score (nSPS) is 8.64. The molecule has 1 heterocycles. The van der Waals surface area contributed by atoms with Crippen molar-refractivity contribution in [2.45, 2.75) is 6.92 Å². The molecule has 1 amide bonds. The minimum absolute atomic E-state index is 0.126. The van der Waals surface area contributed by atoms with Gasteiger partial charge in [0.15, 0.2) is 5.43 Å². The zero-order valence-electron chi connectivity index (χ0n) is 7.76. The van der Waals surface area contributed by atoms with Crippen molar-refractivity contribution in [1.29, 1.82) is 0 Å². The van der Waals surface area contributed by atoms with Crippen molar-refractivity contribution in [2.24, 2.45) is 0 Å². The van der Waals surface area contributed by atoms with Gasteiger partial charge in [0, 0.05) is 25.4 Å². The molecule has 1 aromatic heterocycles. The van der Waals surface area contributed by atoms with Crippen molar-refractivity contribution in [3.05, 3.63) is 34.2 Å². The number of amides is 1. The van der Waals surface area contributed by atoms with E-state index in [2.05, 4.69) is 22.1 Å². The summed E-state index contributed by atoms with van der Waals surface area (Å²) in [5, 5.41) is 2.51. The van der Waals surface area contributed by atoms with Gasteiger partial charge in [-0.05, 0) is 0 Å². The summed E-state index contributed by atoms with van der Waals surface area (Å²) >= 11 is 0. The van der Waals surface area contributed by atoms with Crippen molar-refractivity contribution in [1.82, 2.24) is 10.3 Å². The Bertz CT molecular complexity index is 437. The van der Waals surface area contributed by atoms with Gasteiger partial charge in [-0.3, -0.25) is 9.59 Å². The van der Waals surface area contributed by atoms with Gasteiger partial charge in [0.05, 0.1) is 12.1 Å². The number of hydrogen-bond acceptors (Lipinski definition) is 2. The van der Waals surface area contributed by atoms with Crippen molar-refractivity contribution in [3.63, 3.8) is 0 Å². The van der Waals surface area contributed by atoms with Crippen LogP contribution in [0, 0.1) is 11.8 Å². The first-order valence-electron chi connectivity index (χ1n) is 4.10. The molecule has 0 atom stereocenters. The lowest BCUT2D eigenvalue weighted by Crippen LogP contribution is -2.19. The number of rotatable bonds is 1. The van der Waals surface area contributed by atoms with Crippen LogP contribution in [0.25, 0.3) is 0 Å². The molecule has 0 saturated heterocycles. The Morgan fingerprint density at radius 3 is 3.07 bits per heavy atom. The van der Waals surface area contributed by atoms with Crippen molar-refractivity contribution < 1.29 is 4.79 Å². The molecule has 72 valence electrons. The van der Waals surface area contributed by atoms with Crippen LogP contribution in [0.2, 0.25) is 0 Å². The summed E-state index contributed by atoms with van der Waals surface area (Å²) in [5.41, 5.74) is 0.275. The Labute approximate surface area is 81.3 Å². The van der Waals surface area contributed by atoms with E-state index in [1.807, 2.05) is 0 Å². The largest absolute Gasteiger partial charge is 0.366 e. The monoisotopic (exact) mass is 190 g/mol. The van der Waals surface area contributed by atoms with Gasteiger partial charge in [0.1, 0.15) is 0 Å². The van der Waals surface area contributed by atoms with Gasteiger partial charge in [-0.2, -0.15) is 0 Å². The fourth-order valence-corrected chi connectivity index (χ4v) is 0.822. The van der Waals surface area contributed by atoms with Crippen molar-refractivity contribution in [3.8, 4) is 11.8 Å². The Balaban J connectivity index is 2.64. The first kappa shape index (κ1) is 10.1. The number of carbonyl (C=O) groups excluding carboxylic acids is 1. The maximum Gasteiger partial charge on any atom is 0.217 e. The summed E-state index contributed by atoms with van der Waals surface area (Å²) in [7, 11) is 0. The van der Waals surface area contributed by atoms with E-state index < -0.39 is 0 Å². The molecule has 0 bridgehead atoms. The van der Waals surface area contributed by atoms with E-state index in [0.717, 1.165) is 0 Å². The molecule has 0 saturated carbocycles. The second kappa shape index (κ2) is 4.87. The standard InChI is InChI=1S/C10H10N2O2/c1-8(13)12-5-2-3-9-7-11-6-4-10(9)14/h4,6-7H,5H2,1H3,(H,11,14)(H,12,13). The van der Waals surface area contributed by atoms with E-state index in [-0.39, 0.29) is 17.9 Å². The van der Waals surface area contributed by atoms with Crippen LogP contribution >= 0.6 is 0 Å². The summed E-state index contributed by atoms with van der Waals surface area (Å²) in [6, 6.07) is 1.41. The van der Waals surface area contributed by atoms with Gasteiger partial charge in [-0.25, -0.2) is 0 Å². The van der Waals surface area contributed by atoms with E-state index in [0.29, 0.717) is 5.56 Å². The van der Waals surface area contributed by atoms with E-state index in [1.165, 1.54) is 19.2 Å². The van der Waals surface area contributed by atoms with Gasteiger partial charge in [-0.1, -0.05) is 11.8 Å². The highest BCUT2D eigenvalue weighted by Gasteiger charge is 1.90. The molecule has 0 radical (unpaired) electrons. The summed E-state index contributed by atoms with van der Waals surface area (Å²) in [5.74, 6) is 5.19. The predicted molar refractivity (Wildman–Crippen MR) is 52.6 cm³/mol. The lowest BCUT2D eigenvalue weighted by molar-refractivity contribution is -0.118. The Morgan fingerprint density at radius 2 is 2.43 bits per heavy atom. The van der Waals surface area contributed by atoms with E-state index in [9.17, 15) is 9.59 Å². The minimum Gasteiger partial charge on any atom is -0.366 e.